The highest BCUT2D eigenvalue weighted by molar-refractivity contribution is 8.01. The molecule has 11 nitrogen and oxygen atoms in total. The first-order chi connectivity index (χ1) is 20.6. The number of halogens is 1. The maximum Gasteiger partial charge on any atom is 0.234 e. The van der Waals surface area contributed by atoms with Crippen LogP contribution in [0, 0.1) is 16.7 Å². The number of ether oxygens (including phenoxy) is 2. The van der Waals surface area contributed by atoms with Crippen molar-refractivity contribution in [3.05, 3.63) is 69.9 Å². The molecule has 0 saturated heterocycles. The summed E-state index contributed by atoms with van der Waals surface area (Å²) in [5.41, 5.74) is 8.86. The van der Waals surface area contributed by atoms with Gasteiger partial charge in [-0.1, -0.05) is 54.6 Å². The SMILES string of the molecule is COc1ccc(C2C(C#N)=C(N)N(c3nnc(SCC(=O)Nc4cccnc4Cl)s3)C3=C2C(=O)CC(C)(C)C3)cc1OC. The number of rotatable bonds is 8. The molecule has 1 atom stereocenters. The van der Waals surface area contributed by atoms with Crippen LogP contribution in [0.1, 0.15) is 38.2 Å². The van der Waals surface area contributed by atoms with E-state index >= 15 is 0 Å². The number of benzene rings is 1. The lowest BCUT2D eigenvalue weighted by Gasteiger charge is -2.42. The molecule has 2 aliphatic rings. The van der Waals surface area contributed by atoms with Crippen molar-refractivity contribution in [2.45, 2.75) is 36.9 Å². The number of pyridine rings is 1. The third kappa shape index (κ3) is 6.04. The van der Waals surface area contributed by atoms with E-state index in [1.165, 1.54) is 36.4 Å². The molecule has 0 saturated carbocycles. The number of thioether (sulfide) groups is 1. The van der Waals surface area contributed by atoms with E-state index in [1.807, 2.05) is 19.9 Å². The minimum Gasteiger partial charge on any atom is -0.493 e. The number of aromatic nitrogens is 3. The Bertz CT molecular complexity index is 1710. The van der Waals surface area contributed by atoms with Crippen LogP contribution in [0.3, 0.4) is 0 Å². The molecule has 3 heterocycles. The fraction of sp³-hybridized carbons (Fsp3) is 0.310. The minimum absolute atomic E-state index is 0.0511. The Balaban J connectivity index is 1.50. The normalized spacial score (nSPS) is 17.8. The Hall–Kier alpha value is -4.12. The van der Waals surface area contributed by atoms with E-state index in [2.05, 4.69) is 26.6 Å². The molecule has 1 unspecified atom stereocenters. The molecule has 2 aromatic heterocycles. The van der Waals surface area contributed by atoms with E-state index in [0.717, 1.165) is 0 Å². The second-order valence-corrected chi connectivity index (χ2v) is 13.2. The van der Waals surface area contributed by atoms with Crippen molar-refractivity contribution in [1.82, 2.24) is 15.2 Å². The Morgan fingerprint density at radius 1 is 1.26 bits per heavy atom. The summed E-state index contributed by atoms with van der Waals surface area (Å²) in [5, 5.41) is 22.3. The molecule has 0 bridgehead atoms. The van der Waals surface area contributed by atoms with Gasteiger partial charge in [0.2, 0.25) is 11.0 Å². The molecule has 0 radical (unpaired) electrons. The van der Waals surface area contributed by atoms with Gasteiger partial charge in [-0.25, -0.2) is 4.98 Å². The number of nitriles is 1. The smallest absolute Gasteiger partial charge is 0.234 e. The summed E-state index contributed by atoms with van der Waals surface area (Å²) in [4.78, 5) is 32.0. The molecule has 1 aliphatic carbocycles. The van der Waals surface area contributed by atoms with E-state index < -0.39 is 5.92 Å². The van der Waals surface area contributed by atoms with Crippen LogP contribution in [-0.2, 0) is 9.59 Å². The minimum atomic E-state index is -0.690. The predicted molar refractivity (Wildman–Crippen MR) is 165 cm³/mol. The first kappa shape index (κ1) is 30.3. The van der Waals surface area contributed by atoms with Gasteiger partial charge in [0.1, 0.15) is 5.82 Å². The number of anilines is 2. The third-order valence-corrected chi connectivity index (χ3v) is 9.41. The van der Waals surface area contributed by atoms with E-state index in [1.54, 1.807) is 36.3 Å². The molecule has 1 aliphatic heterocycles. The first-order valence-electron chi connectivity index (χ1n) is 13.1. The Morgan fingerprint density at radius 2 is 2.02 bits per heavy atom. The van der Waals surface area contributed by atoms with Crippen LogP contribution in [0.25, 0.3) is 0 Å². The zero-order valence-electron chi connectivity index (χ0n) is 23.8. The summed E-state index contributed by atoms with van der Waals surface area (Å²) in [6.45, 7) is 4.04. The van der Waals surface area contributed by atoms with Gasteiger partial charge >= 0.3 is 0 Å². The van der Waals surface area contributed by atoms with E-state index in [-0.39, 0.29) is 39.4 Å². The highest BCUT2D eigenvalue weighted by Gasteiger charge is 2.45. The second kappa shape index (κ2) is 12.2. The molecule has 14 heteroatoms. The first-order valence-corrected chi connectivity index (χ1v) is 15.3. The van der Waals surface area contributed by atoms with E-state index in [4.69, 9.17) is 26.8 Å². The fourth-order valence-electron chi connectivity index (χ4n) is 5.24. The van der Waals surface area contributed by atoms with Crippen LogP contribution in [0.15, 0.2) is 63.5 Å². The summed E-state index contributed by atoms with van der Waals surface area (Å²) in [7, 11) is 3.07. The molecule has 0 fully saturated rings. The number of nitrogens with two attached hydrogens (primary N) is 1. The lowest BCUT2D eigenvalue weighted by Crippen LogP contribution is -2.42. The van der Waals surface area contributed by atoms with E-state index in [0.29, 0.717) is 56.3 Å². The molecule has 3 N–H and O–H groups in total. The Labute approximate surface area is 261 Å². The number of allylic oxidation sites excluding steroid dienone is 3. The number of nitrogens with one attached hydrogen (secondary N) is 1. The molecule has 0 spiro atoms. The van der Waals surface area contributed by atoms with Gasteiger partial charge in [0.05, 0.1) is 43.2 Å². The van der Waals surface area contributed by atoms with Crippen molar-refractivity contribution in [3.8, 4) is 17.6 Å². The molecular weight excluding hydrogens is 610 g/mol. The zero-order valence-corrected chi connectivity index (χ0v) is 26.2. The van der Waals surface area contributed by atoms with Crippen molar-refractivity contribution < 1.29 is 19.1 Å². The monoisotopic (exact) mass is 637 g/mol. The summed E-state index contributed by atoms with van der Waals surface area (Å²) < 4.78 is 11.4. The van der Waals surface area contributed by atoms with Crippen molar-refractivity contribution in [1.29, 1.82) is 5.26 Å². The molecule has 1 amide bonds. The number of ketones is 1. The van der Waals surface area contributed by atoms with Gasteiger partial charge in [0.15, 0.2) is 26.8 Å². The Morgan fingerprint density at radius 3 is 2.72 bits per heavy atom. The van der Waals surface area contributed by atoms with Gasteiger partial charge in [-0.2, -0.15) is 5.26 Å². The number of amides is 1. The fourth-order valence-corrected chi connectivity index (χ4v) is 7.08. The topological polar surface area (TPSA) is 156 Å². The number of hydrogen-bond acceptors (Lipinski definition) is 12. The molecule has 5 rings (SSSR count). The number of hydrogen-bond donors (Lipinski definition) is 2. The van der Waals surface area contributed by atoms with Gasteiger partial charge < -0.3 is 20.5 Å². The average Bonchev–Trinajstić information content (AvgIpc) is 3.44. The second-order valence-electron chi connectivity index (χ2n) is 10.6. The predicted octanol–water partition coefficient (Wildman–Crippen LogP) is 5.28. The molecular formula is C29H28ClN7O4S2. The standard InChI is InChI=1S/C29H28ClN7O4S2/c1-29(2)11-18-24(19(38)12-29)23(15-7-8-20(40-3)21(10-15)41-4)16(13-31)26(32)37(18)27-35-36-28(43-27)42-14-22(39)34-17-6-5-9-33-25(17)30/h5-10,23H,11-12,14,32H2,1-4H3,(H,34,39). The lowest BCUT2D eigenvalue weighted by atomic mass is 9.68. The number of carbonyl (C=O) groups excluding carboxylic acids is 2. The van der Waals surface area contributed by atoms with Crippen LogP contribution in [-0.4, -0.2) is 46.8 Å². The van der Waals surface area contributed by atoms with Gasteiger partial charge in [-0.05, 0) is 41.7 Å². The molecule has 222 valence electrons. The molecule has 1 aromatic carbocycles. The number of Topliss-reactive ketones (excluding diaryl/α,β-unsaturated/α-hetero) is 1. The van der Waals surface area contributed by atoms with Crippen molar-refractivity contribution in [2.24, 2.45) is 11.1 Å². The van der Waals surface area contributed by atoms with Gasteiger partial charge in [0.25, 0.3) is 0 Å². The quantitative estimate of drug-likeness (QED) is 0.245. The summed E-state index contributed by atoms with van der Waals surface area (Å²) >= 11 is 8.45. The van der Waals surface area contributed by atoms with Crippen LogP contribution < -0.4 is 25.4 Å². The highest BCUT2D eigenvalue weighted by Crippen LogP contribution is 2.51. The maximum absolute atomic E-state index is 13.8. The summed E-state index contributed by atoms with van der Waals surface area (Å²) in [6.07, 6.45) is 2.37. The zero-order chi connectivity index (χ0) is 30.9. The van der Waals surface area contributed by atoms with Crippen molar-refractivity contribution in [2.75, 3.05) is 30.2 Å². The lowest BCUT2D eigenvalue weighted by molar-refractivity contribution is -0.118. The average molecular weight is 638 g/mol. The Kier molecular flexibility index (Phi) is 8.64. The van der Waals surface area contributed by atoms with E-state index in [9.17, 15) is 14.9 Å². The number of carbonyl (C=O) groups is 2. The van der Waals surface area contributed by atoms with Crippen molar-refractivity contribution >= 4 is 57.2 Å². The van der Waals surface area contributed by atoms with Crippen LogP contribution in [0.4, 0.5) is 10.8 Å². The summed E-state index contributed by atoms with van der Waals surface area (Å²) in [5.74, 6) is 0.178. The van der Waals surface area contributed by atoms with Gasteiger partial charge in [0, 0.05) is 23.9 Å². The van der Waals surface area contributed by atoms with Crippen LogP contribution in [0.2, 0.25) is 5.15 Å². The number of methoxy groups -OCH3 is 2. The highest BCUT2D eigenvalue weighted by atomic mass is 35.5. The number of nitrogens with zero attached hydrogens (tertiary/aromatic N) is 5. The summed E-state index contributed by atoms with van der Waals surface area (Å²) in [6, 6.07) is 10.9. The van der Waals surface area contributed by atoms with Crippen LogP contribution >= 0.6 is 34.7 Å². The van der Waals surface area contributed by atoms with Crippen LogP contribution in [0.5, 0.6) is 11.5 Å². The van der Waals surface area contributed by atoms with Gasteiger partial charge in [-0.3, -0.25) is 14.5 Å². The maximum atomic E-state index is 13.8. The van der Waals surface area contributed by atoms with Crippen molar-refractivity contribution in [3.63, 3.8) is 0 Å². The van der Waals surface area contributed by atoms with Gasteiger partial charge in [-0.15, -0.1) is 10.2 Å². The molecule has 43 heavy (non-hydrogen) atoms. The third-order valence-electron chi connectivity index (χ3n) is 7.07. The molecule has 3 aromatic rings. The largest absolute Gasteiger partial charge is 0.493 e.